The lowest BCUT2D eigenvalue weighted by molar-refractivity contribution is -0.121. The van der Waals surface area contributed by atoms with Gasteiger partial charge >= 0.3 is 0 Å². The van der Waals surface area contributed by atoms with E-state index in [9.17, 15) is 9.59 Å². The number of hydrogen-bond donors (Lipinski definition) is 1. The number of para-hydroxylation sites is 1. The van der Waals surface area contributed by atoms with Gasteiger partial charge in [0.2, 0.25) is 11.8 Å². The maximum absolute atomic E-state index is 12.3. The van der Waals surface area contributed by atoms with Crippen LogP contribution in [-0.2, 0) is 16.0 Å². The van der Waals surface area contributed by atoms with Crippen LogP contribution in [0.1, 0.15) is 64.4 Å². The summed E-state index contributed by atoms with van der Waals surface area (Å²) in [6, 6.07) is 8.24. The van der Waals surface area contributed by atoms with E-state index in [-0.39, 0.29) is 11.8 Å². The zero-order valence-electron chi connectivity index (χ0n) is 15.0. The summed E-state index contributed by atoms with van der Waals surface area (Å²) in [5, 5.41) is 3.16. The van der Waals surface area contributed by atoms with E-state index in [0.717, 1.165) is 30.5 Å². The number of carbonyl (C=O) groups is 2. The lowest BCUT2D eigenvalue weighted by atomic mass is 10.1. The molecule has 24 heavy (non-hydrogen) atoms. The van der Waals surface area contributed by atoms with Gasteiger partial charge in [-0.05, 0) is 30.9 Å². The third-order valence-electron chi connectivity index (χ3n) is 4.83. The number of rotatable bonds is 6. The molecule has 1 aliphatic rings. The first kappa shape index (κ1) is 18.5. The molecule has 0 bridgehead atoms. The molecule has 0 unspecified atom stereocenters. The molecular formula is C20H30N2O2. The zero-order chi connectivity index (χ0) is 17.4. The van der Waals surface area contributed by atoms with Crippen LogP contribution in [0.3, 0.4) is 0 Å². The van der Waals surface area contributed by atoms with Crippen molar-refractivity contribution in [3.8, 4) is 0 Å². The molecule has 2 rings (SSSR count). The molecule has 0 heterocycles. The summed E-state index contributed by atoms with van der Waals surface area (Å²) >= 11 is 0. The first-order valence-corrected chi connectivity index (χ1v) is 9.27. The lowest BCUT2D eigenvalue weighted by Crippen LogP contribution is -2.38. The summed E-state index contributed by atoms with van der Waals surface area (Å²) < 4.78 is 0. The van der Waals surface area contributed by atoms with Crippen LogP contribution in [0.15, 0.2) is 24.3 Å². The molecule has 2 amide bonds. The smallest absolute Gasteiger partial charge is 0.223 e. The van der Waals surface area contributed by atoms with Gasteiger partial charge in [0.1, 0.15) is 0 Å². The monoisotopic (exact) mass is 330 g/mol. The van der Waals surface area contributed by atoms with Gasteiger partial charge in [-0.3, -0.25) is 9.59 Å². The number of nitrogens with zero attached hydrogens (tertiary/aromatic N) is 1. The fourth-order valence-corrected chi connectivity index (χ4v) is 3.46. The van der Waals surface area contributed by atoms with E-state index in [4.69, 9.17) is 0 Å². The van der Waals surface area contributed by atoms with E-state index < -0.39 is 0 Å². The summed E-state index contributed by atoms with van der Waals surface area (Å²) in [6.07, 6.45) is 8.35. The minimum Gasteiger partial charge on any atom is -0.353 e. The molecule has 4 heteroatoms. The molecular weight excluding hydrogens is 300 g/mol. The van der Waals surface area contributed by atoms with Crippen molar-refractivity contribution >= 4 is 17.5 Å². The highest BCUT2D eigenvalue weighted by Gasteiger charge is 2.18. The Balaban J connectivity index is 1.93. The van der Waals surface area contributed by atoms with Gasteiger partial charge in [0.15, 0.2) is 0 Å². The Kier molecular flexibility index (Phi) is 7.29. The van der Waals surface area contributed by atoms with Crippen molar-refractivity contribution in [1.82, 2.24) is 5.32 Å². The minimum atomic E-state index is -0.0156. The largest absolute Gasteiger partial charge is 0.353 e. The molecule has 1 N–H and O–H groups in total. The van der Waals surface area contributed by atoms with Crippen LogP contribution < -0.4 is 10.2 Å². The standard InChI is InChI=1S/C20H30N2O2/c1-3-17-10-8-9-13-19(17)22(16(2)23)15-14-20(24)21-18-11-6-4-5-7-12-18/h8-10,13,18H,3-7,11-12,14-15H2,1-2H3,(H,21,24). The predicted octanol–water partition coefficient (Wildman–Crippen LogP) is 3.83. The van der Waals surface area contributed by atoms with E-state index >= 15 is 0 Å². The molecule has 1 aromatic carbocycles. The van der Waals surface area contributed by atoms with Gasteiger partial charge in [-0.15, -0.1) is 0 Å². The molecule has 0 aliphatic heterocycles. The lowest BCUT2D eigenvalue weighted by Gasteiger charge is -2.24. The molecule has 0 spiro atoms. The highest BCUT2D eigenvalue weighted by molar-refractivity contribution is 5.93. The van der Waals surface area contributed by atoms with Crippen LogP contribution in [0.5, 0.6) is 0 Å². The molecule has 0 aromatic heterocycles. The van der Waals surface area contributed by atoms with Crippen molar-refractivity contribution in [2.24, 2.45) is 0 Å². The maximum Gasteiger partial charge on any atom is 0.223 e. The Bertz CT molecular complexity index is 548. The second kappa shape index (κ2) is 9.45. The molecule has 1 aliphatic carbocycles. The van der Waals surface area contributed by atoms with Gasteiger partial charge in [0, 0.05) is 31.6 Å². The van der Waals surface area contributed by atoms with Crippen LogP contribution in [0.25, 0.3) is 0 Å². The van der Waals surface area contributed by atoms with Crippen molar-refractivity contribution in [3.05, 3.63) is 29.8 Å². The first-order valence-electron chi connectivity index (χ1n) is 9.27. The van der Waals surface area contributed by atoms with Crippen LogP contribution in [0.4, 0.5) is 5.69 Å². The van der Waals surface area contributed by atoms with Crippen LogP contribution in [-0.4, -0.2) is 24.4 Å². The highest BCUT2D eigenvalue weighted by atomic mass is 16.2. The van der Waals surface area contributed by atoms with Crippen molar-refractivity contribution < 1.29 is 9.59 Å². The second-order valence-corrected chi connectivity index (χ2v) is 6.66. The summed E-state index contributed by atoms with van der Waals surface area (Å²) in [7, 11) is 0. The SMILES string of the molecule is CCc1ccccc1N(CCC(=O)NC1CCCCCC1)C(C)=O. The van der Waals surface area contributed by atoms with Crippen LogP contribution in [0, 0.1) is 0 Å². The van der Waals surface area contributed by atoms with Gasteiger partial charge in [-0.25, -0.2) is 0 Å². The fourth-order valence-electron chi connectivity index (χ4n) is 3.46. The third kappa shape index (κ3) is 5.36. The zero-order valence-corrected chi connectivity index (χ0v) is 15.0. The number of nitrogens with one attached hydrogen (secondary N) is 1. The number of anilines is 1. The van der Waals surface area contributed by atoms with Crippen LogP contribution in [0.2, 0.25) is 0 Å². The highest BCUT2D eigenvalue weighted by Crippen LogP contribution is 2.22. The quantitative estimate of drug-likeness (QED) is 0.806. The molecule has 0 radical (unpaired) electrons. The Morgan fingerprint density at radius 2 is 1.79 bits per heavy atom. The summed E-state index contributed by atoms with van der Waals surface area (Å²) in [5.41, 5.74) is 2.06. The summed E-state index contributed by atoms with van der Waals surface area (Å²) in [5.74, 6) is 0.0419. The molecule has 1 fully saturated rings. The third-order valence-corrected chi connectivity index (χ3v) is 4.83. The van der Waals surface area contributed by atoms with Crippen molar-refractivity contribution in [2.75, 3.05) is 11.4 Å². The average molecular weight is 330 g/mol. The van der Waals surface area contributed by atoms with Crippen molar-refractivity contribution in [1.29, 1.82) is 0 Å². The second-order valence-electron chi connectivity index (χ2n) is 6.66. The maximum atomic E-state index is 12.3. The summed E-state index contributed by atoms with van der Waals surface area (Å²) in [4.78, 5) is 26.1. The number of benzene rings is 1. The van der Waals surface area contributed by atoms with Gasteiger partial charge in [0.25, 0.3) is 0 Å². The van der Waals surface area contributed by atoms with Gasteiger partial charge in [-0.2, -0.15) is 0 Å². The number of hydrogen-bond acceptors (Lipinski definition) is 2. The molecule has 1 aromatic rings. The Labute approximate surface area is 145 Å². The van der Waals surface area contributed by atoms with Gasteiger partial charge < -0.3 is 10.2 Å². The number of carbonyl (C=O) groups excluding carboxylic acids is 2. The normalized spacial score (nSPS) is 15.6. The van der Waals surface area contributed by atoms with E-state index in [1.807, 2.05) is 24.3 Å². The van der Waals surface area contributed by atoms with Crippen LogP contribution >= 0.6 is 0 Å². The summed E-state index contributed by atoms with van der Waals surface area (Å²) in [6.45, 7) is 4.08. The van der Waals surface area contributed by atoms with E-state index in [0.29, 0.717) is 19.0 Å². The predicted molar refractivity (Wildman–Crippen MR) is 98.1 cm³/mol. The average Bonchev–Trinajstić information content (AvgIpc) is 2.83. The number of amides is 2. The fraction of sp³-hybridized carbons (Fsp3) is 0.600. The van der Waals surface area contributed by atoms with Gasteiger partial charge in [-0.1, -0.05) is 50.8 Å². The van der Waals surface area contributed by atoms with E-state index in [1.165, 1.54) is 25.7 Å². The van der Waals surface area contributed by atoms with E-state index in [1.54, 1.807) is 11.8 Å². The molecule has 0 saturated heterocycles. The molecule has 0 atom stereocenters. The Morgan fingerprint density at radius 3 is 2.42 bits per heavy atom. The van der Waals surface area contributed by atoms with Gasteiger partial charge in [0.05, 0.1) is 0 Å². The number of aryl methyl sites for hydroxylation is 1. The van der Waals surface area contributed by atoms with Crippen molar-refractivity contribution in [3.63, 3.8) is 0 Å². The van der Waals surface area contributed by atoms with E-state index in [2.05, 4.69) is 12.2 Å². The van der Waals surface area contributed by atoms with Crippen molar-refractivity contribution in [2.45, 2.75) is 71.3 Å². The Hall–Kier alpha value is -1.84. The minimum absolute atomic E-state index is 0.0156. The first-order chi connectivity index (χ1) is 11.6. The molecule has 1 saturated carbocycles. The molecule has 132 valence electrons. The molecule has 4 nitrogen and oxygen atoms in total. The Morgan fingerprint density at radius 1 is 1.12 bits per heavy atom. The topological polar surface area (TPSA) is 49.4 Å².